The second-order valence-electron chi connectivity index (χ2n) is 3.94. The Labute approximate surface area is 98.1 Å². The summed E-state index contributed by atoms with van der Waals surface area (Å²) in [5.41, 5.74) is 0. The fourth-order valence-electron chi connectivity index (χ4n) is 1.37. The molecular formula is C10H17F3N2S. The third-order valence-corrected chi connectivity index (χ3v) is 3.24. The van der Waals surface area contributed by atoms with Crippen LogP contribution in [-0.2, 0) is 0 Å². The van der Waals surface area contributed by atoms with E-state index in [1.807, 2.05) is 0 Å². The maximum atomic E-state index is 11.8. The number of hydrogen-bond acceptors (Lipinski definition) is 2. The highest BCUT2D eigenvalue weighted by Crippen LogP contribution is 2.22. The first-order valence-corrected chi connectivity index (χ1v) is 6.46. The summed E-state index contributed by atoms with van der Waals surface area (Å²) in [6.07, 6.45) is -2.95. The number of aliphatic imine (C=N–C) groups is 1. The Morgan fingerprint density at radius 3 is 2.81 bits per heavy atom. The molecule has 0 aromatic rings. The van der Waals surface area contributed by atoms with Gasteiger partial charge in [0, 0.05) is 24.8 Å². The van der Waals surface area contributed by atoms with Crippen LogP contribution in [0.15, 0.2) is 4.99 Å². The lowest BCUT2D eigenvalue weighted by Gasteiger charge is -2.21. The van der Waals surface area contributed by atoms with Crippen molar-refractivity contribution >= 4 is 16.9 Å². The lowest BCUT2D eigenvalue weighted by Crippen LogP contribution is -2.35. The molecule has 0 saturated carbocycles. The van der Waals surface area contributed by atoms with Crippen molar-refractivity contribution in [2.75, 3.05) is 12.3 Å². The van der Waals surface area contributed by atoms with Crippen LogP contribution in [0.3, 0.4) is 0 Å². The summed E-state index contributed by atoms with van der Waals surface area (Å²) in [6, 6.07) is 0.426. The Morgan fingerprint density at radius 1 is 1.44 bits per heavy atom. The molecule has 1 aliphatic rings. The molecule has 0 aromatic heterocycles. The molecule has 0 amide bonds. The Hall–Kier alpha value is -0.390. The van der Waals surface area contributed by atoms with E-state index in [1.54, 1.807) is 11.8 Å². The highest BCUT2D eigenvalue weighted by Gasteiger charge is 2.25. The number of thioether (sulfide) groups is 1. The molecule has 0 bridgehead atoms. The van der Waals surface area contributed by atoms with Gasteiger partial charge in [0.25, 0.3) is 0 Å². The average molecular weight is 254 g/mol. The van der Waals surface area contributed by atoms with E-state index in [1.165, 1.54) is 0 Å². The topological polar surface area (TPSA) is 24.4 Å². The average Bonchev–Trinajstić information content (AvgIpc) is 2.15. The summed E-state index contributed by atoms with van der Waals surface area (Å²) in [5.74, 6) is 1.04. The molecule has 16 heavy (non-hydrogen) atoms. The molecule has 0 spiro atoms. The Kier molecular flexibility index (Phi) is 5.44. The monoisotopic (exact) mass is 254 g/mol. The number of alkyl halides is 3. The van der Waals surface area contributed by atoms with E-state index in [0.29, 0.717) is 19.0 Å². The van der Waals surface area contributed by atoms with Crippen LogP contribution in [0, 0.1) is 0 Å². The number of halogens is 3. The largest absolute Gasteiger partial charge is 0.389 e. The first-order valence-electron chi connectivity index (χ1n) is 5.48. The smallest absolute Gasteiger partial charge is 0.362 e. The summed E-state index contributed by atoms with van der Waals surface area (Å²) >= 11 is 1.65. The lowest BCUT2D eigenvalue weighted by molar-refractivity contribution is -0.135. The van der Waals surface area contributed by atoms with Crippen LogP contribution in [0.1, 0.15) is 32.6 Å². The molecule has 0 aliphatic carbocycles. The summed E-state index contributed by atoms with van der Waals surface area (Å²) in [4.78, 5) is 4.25. The first kappa shape index (κ1) is 13.7. The fraction of sp³-hybridized carbons (Fsp3) is 0.900. The maximum absolute atomic E-state index is 11.8. The Morgan fingerprint density at radius 2 is 2.19 bits per heavy atom. The van der Waals surface area contributed by atoms with Crippen LogP contribution >= 0.6 is 11.8 Å². The number of rotatable bonds is 4. The normalized spacial score (nSPS) is 24.5. The summed E-state index contributed by atoms with van der Waals surface area (Å²) in [5, 5.41) is 4.09. The summed E-state index contributed by atoms with van der Waals surface area (Å²) < 4.78 is 35.5. The van der Waals surface area contributed by atoms with E-state index in [0.717, 1.165) is 17.3 Å². The predicted octanol–water partition coefficient (Wildman–Crippen LogP) is 3.19. The third kappa shape index (κ3) is 6.25. The standard InChI is InChI=1S/C10H17F3N2S/c1-8-4-7-16-9(15-8)14-6-3-2-5-10(11,12)13/h8H,2-7H2,1H3,(H,14,15). The van der Waals surface area contributed by atoms with Gasteiger partial charge in [-0.05, 0) is 26.2 Å². The number of nitrogens with zero attached hydrogens (tertiary/aromatic N) is 1. The molecular weight excluding hydrogens is 237 g/mol. The number of amidine groups is 1. The molecule has 1 N–H and O–H groups in total. The van der Waals surface area contributed by atoms with Gasteiger partial charge < -0.3 is 5.32 Å². The molecule has 1 heterocycles. The molecule has 2 nitrogen and oxygen atoms in total. The van der Waals surface area contributed by atoms with Gasteiger partial charge in [0.05, 0.1) is 0 Å². The highest BCUT2D eigenvalue weighted by atomic mass is 32.2. The van der Waals surface area contributed by atoms with Gasteiger partial charge in [-0.15, -0.1) is 0 Å². The summed E-state index contributed by atoms with van der Waals surface area (Å²) in [7, 11) is 0. The van der Waals surface area contributed by atoms with E-state index in [4.69, 9.17) is 0 Å². The molecule has 1 saturated heterocycles. The predicted molar refractivity (Wildman–Crippen MR) is 61.9 cm³/mol. The van der Waals surface area contributed by atoms with Crippen molar-refractivity contribution in [2.24, 2.45) is 4.99 Å². The Bertz CT molecular complexity index is 241. The molecule has 0 radical (unpaired) electrons. The Balaban J connectivity index is 2.12. The van der Waals surface area contributed by atoms with Gasteiger partial charge in [0.15, 0.2) is 5.17 Å². The van der Waals surface area contributed by atoms with Crippen LogP contribution in [0.25, 0.3) is 0 Å². The second kappa shape index (κ2) is 6.37. The lowest BCUT2D eigenvalue weighted by atomic mass is 10.2. The van der Waals surface area contributed by atoms with Crippen LogP contribution in [-0.4, -0.2) is 29.7 Å². The minimum absolute atomic E-state index is 0.167. The van der Waals surface area contributed by atoms with Crippen LogP contribution in [0.5, 0.6) is 0 Å². The van der Waals surface area contributed by atoms with E-state index < -0.39 is 12.6 Å². The van der Waals surface area contributed by atoms with Crippen molar-refractivity contribution in [3.05, 3.63) is 0 Å². The van der Waals surface area contributed by atoms with Gasteiger partial charge in [-0.1, -0.05) is 11.8 Å². The van der Waals surface area contributed by atoms with Gasteiger partial charge in [0.1, 0.15) is 0 Å². The third-order valence-electron chi connectivity index (χ3n) is 2.28. The second-order valence-corrected chi connectivity index (χ2v) is 5.03. The molecule has 1 unspecified atom stereocenters. The van der Waals surface area contributed by atoms with E-state index >= 15 is 0 Å². The number of hydrogen-bond donors (Lipinski definition) is 1. The van der Waals surface area contributed by atoms with Crippen molar-refractivity contribution in [3.63, 3.8) is 0 Å². The number of nitrogens with one attached hydrogen (secondary N) is 1. The van der Waals surface area contributed by atoms with Gasteiger partial charge in [0.2, 0.25) is 0 Å². The van der Waals surface area contributed by atoms with E-state index in [2.05, 4.69) is 17.2 Å². The van der Waals surface area contributed by atoms with Crippen molar-refractivity contribution in [3.8, 4) is 0 Å². The van der Waals surface area contributed by atoms with Crippen LogP contribution in [0.2, 0.25) is 0 Å². The molecule has 0 aromatic carbocycles. The first-order chi connectivity index (χ1) is 7.47. The van der Waals surface area contributed by atoms with Gasteiger partial charge in [-0.2, -0.15) is 13.2 Å². The van der Waals surface area contributed by atoms with Crippen molar-refractivity contribution in [2.45, 2.75) is 44.8 Å². The zero-order valence-electron chi connectivity index (χ0n) is 9.31. The fourth-order valence-corrected chi connectivity index (χ4v) is 2.50. The van der Waals surface area contributed by atoms with Crippen molar-refractivity contribution in [1.82, 2.24) is 5.32 Å². The molecule has 1 atom stereocenters. The SMILES string of the molecule is CC1CCSC(=NCCCCC(F)(F)F)N1. The quantitative estimate of drug-likeness (QED) is 0.779. The van der Waals surface area contributed by atoms with Gasteiger partial charge in [-0.25, -0.2) is 0 Å². The number of unbranched alkanes of at least 4 members (excludes halogenated alkanes) is 1. The van der Waals surface area contributed by atoms with Gasteiger partial charge >= 0.3 is 6.18 Å². The van der Waals surface area contributed by atoms with E-state index in [9.17, 15) is 13.2 Å². The molecule has 94 valence electrons. The minimum atomic E-state index is -4.03. The molecule has 1 fully saturated rings. The van der Waals surface area contributed by atoms with E-state index in [-0.39, 0.29) is 6.42 Å². The summed E-state index contributed by atoms with van der Waals surface area (Å²) in [6.45, 7) is 2.57. The zero-order valence-corrected chi connectivity index (χ0v) is 10.1. The maximum Gasteiger partial charge on any atom is 0.389 e. The van der Waals surface area contributed by atoms with Crippen LogP contribution in [0.4, 0.5) is 13.2 Å². The molecule has 1 aliphatic heterocycles. The van der Waals surface area contributed by atoms with Gasteiger partial charge in [-0.3, -0.25) is 4.99 Å². The minimum Gasteiger partial charge on any atom is -0.362 e. The molecule has 6 heteroatoms. The zero-order chi connectivity index (χ0) is 12.0. The van der Waals surface area contributed by atoms with Crippen molar-refractivity contribution in [1.29, 1.82) is 0 Å². The van der Waals surface area contributed by atoms with Crippen LogP contribution < -0.4 is 5.32 Å². The van der Waals surface area contributed by atoms with Crippen molar-refractivity contribution < 1.29 is 13.2 Å². The highest BCUT2D eigenvalue weighted by molar-refractivity contribution is 8.13. The molecule has 1 rings (SSSR count).